The van der Waals surface area contributed by atoms with E-state index >= 15 is 0 Å². The van der Waals surface area contributed by atoms with Gasteiger partial charge in [-0.2, -0.15) is 0 Å². The van der Waals surface area contributed by atoms with Gasteiger partial charge in [-0.05, 0) is 24.7 Å². The average molecular weight is 282 g/mol. The first kappa shape index (κ1) is 16.3. The van der Waals surface area contributed by atoms with E-state index in [1.807, 2.05) is 19.2 Å². The molecule has 0 aromatic heterocycles. The molecule has 0 aliphatic rings. The molecule has 0 saturated heterocycles. The van der Waals surface area contributed by atoms with Gasteiger partial charge in [0.1, 0.15) is 0 Å². The first-order chi connectivity index (χ1) is 9.71. The van der Waals surface area contributed by atoms with Crippen LogP contribution in [0.4, 0.5) is 0 Å². The molecule has 1 aromatic rings. The lowest BCUT2D eigenvalue weighted by atomic mass is 10.2. The van der Waals surface area contributed by atoms with E-state index in [1.54, 1.807) is 20.3 Å². The summed E-state index contributed by atoms with van der Waals surface area (Å²) in [5.74, 6) is 0.972. The van der Waals surface area contributed by atoms with Gasteiger partial charge in [-0.3, -0.25) is 4.79 Å². The summed E-state index contributed by atoms with van der Waals surface area (Å²) in [5, 5.41) is 5.74. The Hall–Kier alpha value is -1.79. The van der Waals surface area contributed by atoms with Crippen LogP contribution in [0.2, 0.25) is 0 Å². The van der Waals surface area contributed by atoms with Crippen molar-refractivity contribution in [3.63, 3.8) is 0 Å². The number of carbonyl (C=O) groups is 1. The molecule has 2 N–H and O–H groups in total. The molecule has 6 heteroatoms. The molecule has 0 aliphatic carbocycles. The van der Waals surface area contributed by atoms with Gasteiger partial charge >= 0.3 is 0 Å². The second-order valence-corrected chi connectivity index (χ2v) is 4.15. The van der Waals surface area contributed by atoms with Crippen LogP contribution in [-0.4, -0.2) is 46.9 Å². The highest BCUT2D eigenvalue weighted by Crippen LogP contribution is 2.27. The fourth-order valence-electron chi connectivity index (χ4n) is 1.63. The summed E-state index contributed by atoms with van der Waals surface area (Å²) in [4.78, 5) is 11.5. The predicted molar refractivity (Wildman–Crippen MR) is 76.1 cm³/mol. The van der Waals surface area contributed by atoms with E-state index in [9.17, 15) is 4.79 Å². The highest BCUT2D eigenvalue weighted by molar-refractivity contribution is 5.77. The Morgan fingerprint density at radius 2 is 2.05 bits per heavy atom. The minimum atomic E-state index is -0.191. The summed E-state index contributed by atoms with van der Waals surface area (Å²) in [7, 11) is 5.03. The summed E-state index contributed by atoms with van der Waals surface area (Å²) in [6.45, 7) is 1.64. The van der Waals surface area contributed by atoms with Crippen LogP contribution >= 0.6 is 0 Å². The molecule has 0 radical (unpaired) electrons. The number of methoxy groups -OCH3 is 2. The van der Waals surface area contributed by atoms with Crippen LogP contribution < -0.4 is 20.1 Å². The SMILES string of the molecule is CNCc1ccc(OCC(=O)NCCOC)c(OC)c1. The highest BCUT2D eigenvalue weighted by atomic mass is 16.5. The molecule has 0 aliphatic heterocycles. The molecule has 1 aromatic carbocycles. The van der Waals surface area contributed by atoms with Gasteiger partial charge in [-0.1, -0.05) is 6.07 Å². The standard InChI is InChI=1S/C14H22N2O4/c1-15-9-11-4-5-12(13(8-11)19-3)20-10-14(17)16-6-7-18-2/h4-5,8,15H,6-7,9-10H2,1-3H3,(H,16,17). The van der Waals surface area contributed by atoms with Crippen molar-refractivity contribution in [1.82, 2.24) is 10.6 Å². The summed E-state index contributed by atoms with van der Waals surface area (Å²) in [6, 6.07) is 5.61. The molecule has 0 saturated carbocycles. The Bertz CT molecular complexity index is 424. The summed E-state index contributed by atoms with van der Waals surface area (Å²) in [6.07, 6.45) is 0. The summed E-state index contributed by atoms with van der Waals surface area (Å²) >= 11 is 0. The second-order valence-electron chi connectivity index (χ2n) is 4.15. The van der Waals surface area contributed by atoms with Crippen LogP contribution in [-0.2, 0) is 16.1 Å². The predicted octanol–water partition coefficient (Wildman–Crippen LogP) is 0.556. The summed E-state index contributed by atoms with van der Waals surface area (Å²) in [5.41, 5.74) is 1.08. The van der Waals surface area contributed by atoms with Gasteiger partial charge in [-0.25, -0.2) is 0 Å². The Kier molecular flexibility index (Phi) is 7.46. The van der Waals surface area contributed by atoms with Gasteiger partial charge < -0.3 is 24.8 Å². The molecule has 0 heterocycles. The van der Waals surface area contributed by atoms with Crippen molar-refractivity contribution in [2.75, 3.05) is 41.0 Å². The van der Waals surface area contributed by atoms with Gasteiger partial charge in [0.2, 0.25) is 0 Å². The van der Waals surface area contributed by atoms with Gasteiger partial charge in [-0.15, -0.1) is 0 Å². The van der Waals surface area contributed by atoms with Gasteiger partial charge in [0.15, 0.2) is 18.1 Å². The van der Waals surface area contributed by atoms with E-state index in [1.165, 1.54) is 0 Å². The first-order valence-electron chi connectivity index (χ1n) is 6.41. The Balaban J connectivity index is 2.52. The highest BCUT2D eigenvalue weighted by Gasteiger charge is 2.08. The molecule has 0 fully saturated rings. The van der Waals surface area contributed by atoms with E-state index < -0.39 is 0 Å². The van der Waals surface area contributed by atoms with E-state index in [0.29, 0.717) is 24.7 Å². The van der Waals surface area contributed by atoms with E-state index in [-0.39, 0.29) is 12.5 Å². The van der Waals surface area contributed by atoms with Crippen molar-refractivity contribution in [3.05, 3.63) is 23.8 Å². The minimum Gasteiger partial charge on any atom is -0.493 e. The second kappa shape index (κ2) is 9.17. The maximum Gasteiger partial charge on any atom is 0.258 e. The zero-order valence-corrected chi connectivity index (χ0v) is 12.2. The largest absolute Gasteiger partial charge is 0.493 e. The lowest BCUT2D eigenvalue weighted by Gasteiger charge is -2.12. The van der Waals surface area contributed by atoms with Crippen LogP contribution in [0.25, 0.3) is 0 Å². The fourth-order valence-corrected chi connectivity index (χ4v) is 1.63. The van der Waals surface area contributed by atoms with Crippen LogP contribution in [0.1, 0.15) is 5.56 Å². The van der Waals surface area contributed by atoms with Crippen molar-refractivity contribution in [2.24, 2.45) is 0 Å². The number of nitrogens with one attached hydrogen (secondary N) is 2. The van der Waals surface area contributed by atoms with Gasteiger partial charge in [0.05, 0.1) is 13.7 Å². The van der Waals surface area contributed by atoms with Gasteiger partial charge in [0, 0.05) is 20.2 Å². The maximum atomic E-state index is 11.5. The van der Waals surface area contributed by atoms with Crippen LogP contribution in [0, 0.1) is 0 Å². The number of amides is 1. The normalized spacial score (nSPS) is 10.2. The monoisotopic (exact) mass is 282 g/mol. The summed E-state index contributed by atoms with van der Waals surface area (Å²) < 4.78 is 15.6. The maximum absolute atomic E-state index is 11.5. The third-order valence-corrected chi connectivity index (χ3v) is 2.60. The molecule has 0 atom stereocenters. The number of benzene rings is 1. The Morgan fingerprint density at radius 1 is 1.25 bits per heavy atom. The third kappa shape index (κ3) is 5.46. The van der Waals surface area contributed by atoms with Crippen molar-refractivity contribution in [1.29, 1.82) is 0 Å². The van der Waals surface area contributed by atoms with Crippen LogP contribution in [0.15, 0.2) is 18.2 Å². The number of ether oxygens (including phenoxy) is 3. The minimum absolute atomic E-state index is 0.0502. The molecule has 1 rings (SSSR count). The van der Waals surface area contributed by atoms with Crippen molar-refractivity contribution in [3.8, 4) is 11.5 Å². The quantitative estimate of drug-likeness (QED) is 0.648. The Labute approximate surface area is 119 Å². The molecule has 112 valence electrons. The van der Waals surface area contributed by atoms with Crippen molar-refractivity contribution in [2.45, 2.75) is 6.54 Å². The number of hydrogen-bond acceptors (Lipinski definition) is 5. The fraction of sp³-hybridized carbons (Fsp3) is 0.500. The Morgan fingerprint density at radius 3 is 2.70 bits per heavy atom. The number of rotatable bonds is 9. The molecular weight excluding hydrogens is 260 g/mol. The van der Waals surface area contributed by atoms with Crippen LogP contribution in [0.3, 0.4) is 0 Å². The molecule has 0 unspecified atom stereocenters. The first-order valence-corrected chi connectivity index (χ1v) is 6.41. The zero-order chi connectivity index (χ0) is 14.8. The lowest BCUT2D eigenvalue weighted by molar-refractivity contribution is -0.123. The average Bonchev–Trinajstić information content (AvgIpc) is 2.46. The van der Waals surface area contributed by atoms with E-state index in [4.69, 9.17) is 14.2 Å². The third-order valence-electron chi connectivity index (χ3n) is 2.60. The zero-order valence-electron chi connectivity index (χ0n) is 12.2. The lowest BCUT2D eigenvalue weighted by Crippen LogP contribution is -2.31. The van der Waals surface area contributed by atoms with E-state index in [0.717, 1.165) is 12.1 Å². The molecule has 0 spiro atoms. The molecule has 20 heavy (non-hydrogen) atoms. The van der Waals surface area contributed by atoms with Gasteiger partial charge in [0.25, 0.3) is 5.91 Å². The molecule has 6 nitrogen and oxygen atoms in total. The molecular formula is C14H22N2O4. The van der Waals surface area contributed by atoms with Crippen molar-refractivity contribution >= 4 is 5.91 Å². The number of hydrogen-bond donors (Lipinski definition) is 2. The van der Waals surface area contributed by atoms with Crippen molar-refractivity contribution < 1.29 is 19.0 Å². The molecule has 1 amide bonds. The topological polar surface area (TPSA) is 68.8 Å². The smallest absolute Gasteiger partial charge is 0.258 e. The van der Waals surface area contributed by atoms with E-state index in [2.05, 4.69) is 10.6 Å². The number of carbonyl (C=O) groups excluding carboxylic acids is 1. The molecule has 0 bridgehead atoms. The van der Waals surface area contributed by atoms with Crippen LogP contribution in [0.5, 0.6) is 11.5 Å².